The molecule has 6 heteroatoms. The first kappa shape index (κ1) is 32.3. The Morgan fingerprint density at radius 3 is 1.68 bits per heavy atom. The Bertz CT molecular complexity index is 3470. The largest absolute Gasteiger partial charge is 0.455 e. The summed E-state index contributed by atoms with van der Waals surface area (Å²) in [6.45, 7) is 0. The van der Waals surface area contributed by atoms with Crippen molar-refractivity contribution in [2.24, 2.45) is 0 Å². The maximum Gasteiger partial charge on any atom is 0.167 e. The second kappa shape index (κ2) is 12.8. The molecule has 0 fully saturated rings. The Morgan fingerprint density at radius 2 is 0.912 bits per heavy atom. The number of fused-ring (bicyclic) bond motifs is 9. The summed E-state index contributed by atoms with van der Waals surface area (Å²) in [7, 11) is 0. The van der Waals surface area contributed by atoms with Crippen LogP contribution in [0.1, 0.15) is 0 Å². The molecule has 57 heavy (non-hydrogen) atoms. The molecule has 12 aromatic rings. The quantitative estimate of drug-likeness (QED) is 0.175. The van der Waals surface area contributed by atoms with Gasteiger partial charge in [0.1, 0.15) is 11.2 Å². The first-order valence-electron chi connectivity index (χ1n) is 18.9. The fraction of sp³-hybridized carbons (Fsp3) is 0. The van der Waals surface area contributed by atoms with Crippen LogP contribution in [0.4, 0.5) is 0 Å². The van der Waals surface area contributed by atoms with Gasteiger partial charge in [0.05, 0.1) is 5.56 Å². The summed E-state index contributed by atoms with van der Waals surface area (Å²) in [6, 6.07) is 62.1. The van der Waals surface area contributed by atoms with Crippen LogP contribution in [-0.4, -0.2) is 15.0 Å². The van der Waals surface area contributed by atoms with Gasteiger partial charge < -0.3 is 4.42 Å². The standard InChI is InChI=1S/C51H29N3OS2/c1-3-12-30(13-4-1)49-52-50(31-14-5-2-6-15-31)54-51(53-49)40-19-11-18-38-35-24-22-32(27-42(35)55-48(38)40)34-26-41(47-39-17-8-10-21-44(39)57-46(47)29-34)33-23-25-37-36-16-7-9-20-43(36)56-45(37)28-33/h1-29H. The molecule has 0 N–H and O–H groups in total. The summed E-state index contributed by atoms with van der Waals surface area (Å²) >= 11 is 3.71. The third kappa shape index (κ3) is 5.30. The highest BCUT2D eigenvalue weighted by Gasteiger charge is 2.20. The van der Waals surface area contributed by atoms with Gasteiger partial charge in [-0.25, -0.2) is 15.0 Å². The van der Waals surface area contributed by atoms with Crippen molar-refractivity contribution >= 4 is 85.0 Å². The lowest BCUT2D eigenvalue weighted by molar-refractivity contribution is 0.669. The number of rotatable bonds is 5. The van der Waals surface area contributed by atoms with E-state index in [1.165, 1.54) is 51.5 Å². The van der Waals surface area contributed by atoms with Crippen LogP contribution in [0.25, 0.3) is 119 Å². The smallest absolute Gasteiger partial charge is 0.167 e. The molecule has 4 heterocycles. The van der Waals surface area contributed by atoms with Gasteiger partial charge in [0, 0.05) is 62.2 Å². The predicted molar refractivity (Wildman–Crippen MR) is 240 cm³/mol. The summed E-state index contributed by atoms with van der Waals surface area (Å²) in [5.74, 6) is 1.81. The molecule has 0 amide bonds. The lowest BCUT2D eigenvalue weighted by Gasteiger charge is -2.10. The minimum atomic E-state index is 0.572. The van der Waals surface area contributed by atoms with E-state index in [1.54, 1.807) is 0 Å². The lowest BCUT2D eigenvalue weighted by Crippen LogP contribution is -2.00. The number of thiophene rings is 2. The Hall–Kier alpha value is -6.99. The molecule has 0 radical (unpaired) electrons. The van der Waals surface area contributed by atoms with Gasteiger partial charge in [-0.2, -0.15) is 0 Å². The molecule has 0 unspecified atom stereocenters. The Labute approximate surface area is 335 Å². The van der Waals surface area contributed by atoms with Gasteiger partial charge in [0.15, 0.2) is 17.5 Å². The molecule has 0 atom stereocenters. The number of hydrogen-bond donors (Lipinski definition) is 0. The molecule has 266 valence electrons. The summed E-state index contributed by atoms with van der Waals surface area (Å²) in [6.07, 6.45) is 0. The molecule has 12 rings (SSSR count). The van der Waals surface area contributed by atoms with Crippen molar-refractivity contribution in [1.82, 2.24) is 15.0 Å². The minimum Gasteiger partial charge on any atom is -0.455 e. The molecule has 0 aliphatic carbocycles. The van der Waals surface area contributed by atoms with Crippen LogP contribution in [0, 0.1) is 0 Å². The fourth-order valence-corrected chi connectivity index (χ4v) is 10.5. The summed E-state index contributed by atoms with van der Waals surface area (Å²) in [5, 5.41) is 7.29. The van der Waals surface area contributed by atoms with Gasteiger partial charge in [-0.3, -0.25) is 0 Å². The molecule has 0 saturated carbocycles. The van der Waals surface area contributed by atoms with Crippen molar-refractivity contribution in [3.05, 3.63) is 176 Å². The zero-order valence-electron chi connectivity index (χ0n) is 30.3. The van der Waals surface area contributed by atoms with Crippen molar-refractivity contribution in [2.75, 3.05) is 0 Å². The lowest BCUT2D eigenvalue weighted by atomic mass is 9.94. The van der Waals surface area contributed by atoms with Crippen molar-refractivity contribution < 1.29 is 4.42 Å². The van der Waals surface area contributed by atoms with E-state index in [9.17, 15) is 0 Å². The zero-order chi connectivity index (χ0) is 37.5. The number of nitrogens with zero attached hydrogens (tertiary/aromatic N) is 3. The van der Waals surface area contributed by atoms with Crippen LogP contribution < -0.4 is 0 Å². The maximum atomic E-state index is 6.82. The first-order valence-corrected chi connectivity index (χ1v) is 20.6. The molecule has 0 aliphatic rings. The van der Waals surface area contributed by atoms with Crippen LogP contribution in [0.3, 0.4) is 0 Å². The van der Waals surface area contributed by atoms with Gasteiger partial charge in [-0.15, -0.1) is 22.7 Å². The Morgan fingerprint density at radius 1 is 0.333 bits per heavy atom. The SMILES string of the molecule is c1ccc(-c2nc(-c3ccccc3)nc(-c3cccc4c3oc3cc(-c5cc(-c6ccc7c(c6)sc6ccccc67)c6c(c5)sc5ccccc56)ccc34)n2)cc1. The van der Waals surface area contributed by atoms with E-state index in [-0.39, 0.29) is 0 Å². The summed E-state index contributed by atoms with van der Waals surface area (Å²) < 4.78 is 12.0. The van der Waals surface area contributed by atoms with Crippen LogP contribution in [0.15, 0.2) is 180 Å². The molecule has 0 aliphatic heterocycles. The monoisotopic (exact) mass is 763 g/mol. The Balaban J connectivity index is 1.03. The average molecular weight is 764 g/mol. The van der Waals surface area contributed by atoms with E-state index in [2.05, 4.69) is 109 Å². The number of benzene rings is 8. The van der Waals surface area contributed by atoms with E-state index in [0.717, 1.165) is 49.8 Å². The first-order chi connectivity index (χ1) is 28.2. The highest BCUT2D eigenvalue weighted by molar-refractivity contribution is 7.26. The third-order valence-electron chi connectivity index (χ3n) is 10.9. The number of para-hydroxylation sites is 1. The molecular formula is C51H29N3OS2. The summed E-state index contributed by atoms with van der Waals surface area (Å²) in [5.41, 5.74) is 8.98. The van der Waals surface area contributed by atoms with Gasteiger partial charge in [0.25, 0.3) is 0 Å². The molecule has 0 bridgehead atoms. The number of aromatic nitrogens is 3. The molecule has 4 aromatic heterocycles. The van der Waals surface area contributed by atoms with Gasteiger partial charge >= 0.3 is 0 Å². The molecule has 4 nitrogen and oxygen atoms in total. The van der Waals surface area contributed by atoms with E-state index in [0.29, 0.717) is 17.5 Å². The summed E-state index contributed by atoms with van der Waals surface area (Å²) in [4.78, 5) is 14.9. The number of hydrogen-bond acceptors (Lipinski definition) is 6. The van der Waals surface area contributed by atoms with Crippen molar-refractivity contribution in [3.8, 4) is 56.4 Å². The highest BCUT2D eigenvalue weighted by atomic mass is 32.1. The van der Waals surface area contributed by atoms with Gasteiger partial charge in [-0.05, 0) is 70.8 Å². The van der Waals surface area contributed by atoms with Crippen molar-refractivity contribution in [1.29, 1.82) is 0 Å². The fourth-order valence-electron chi connectivity index (χ4n) is 8.23. The normalized spacial score (nSPS) is 11.9. The molecule has 0 saturated heterocycles. The van der Waals surface area contributed by atoms with Crippen LogP contribution in [-0.2, 0) is 0 Å². The topological polar surface area (TPSA) is 51.8 Å². The second-order valence-corrected chi connectivity index (χ2v) is 16.5. The second-order valence-electron chi connectivity index (χ2n) is 14.3. The van der Waals surface area contributed by atoms with E-state index < -0.39 is 0 Å². The molecular weight excluding hydrogens is 735 g/mol. The minimum absolute atomic E-state index is 0.572. The van der Waals surface area contributed by atoms with Gasteiger partial charge in [0.2, 0.25) is 0 Å². The zero-order valence-corrected chi connectivity index (χ0v) is 31.9. The highest BCUT2D eigenvalue weighted by Crippen LogP contribution is 2.45. The number of furan rings is 1. The van der Waals surface area contributed by atoms with Crippen molar-refractivity contribution in [2.45, 2.75) is 0 Å². The van der Waals surface area contributed by atoms with E-state index >= 15 is 0 Å². The Kier molecular flexibility index (Phi) is 7.24. The van der Waals surface area contributed by atoms with Crippen molar-refractivity contribution in [3.63, 3.8) is 0 Å². The predicted octanol–water partition coefficient (Wildman–Crippen LogP) is 14.8. The molecule has 0 spiro atoms. The average Bonchev–Trinajstić information content (AvgIpc) is 3.97. The van der Waals surface area contributed by atoms with E-state index in [1.807, 2.05) is 89.4 Å². The third-order valence-corrected chi connectivity index (χ3v) is 13.2. The van der Waals surface area contributed by atoms with Crippen LogP contribution >= 0.6 is 22.7 Å². The van der Waals surface area contributed by atoms with Gasteiger partial charge in [-0.1, -0.05) is 127 Å². The van der Waals surface area contributed by atoms with E-state index in [4.69, 9.17) is 19.4 Å². The van der Waals surface area contributed by atoms with Crippen LogP contribution in [0.5, 0.6) is 0 Å². The maximum absolute atomic E-state index is 6.82. The van der Waals surface area contributed by atoms with Crippen LogP contribution in [0.2, 0.25) is 0 Å². The molecule has 8 aromatic carbocycles.